The Labute approximate surface area is 100 Å². The maximum Gasteiger partial charge on any atom is 0.226 e. The van der Waals surface area contributed by atoms with Crippen LogP contribution in [0.2, 0.25) is 0 Å². The zero-order valence-electron chi connectivity index (χ0n) is 7.97. The Morgan fingerprint density at radius 1 is 1.36 bits per heavy atom. The predicted molar refractivity (Wildman–Crippen MR) is 65.3 cm³/mol. The number of hydrogen-bond donors (Lipinski definition) is 1. The maximum atomic E-state index is 11.4. The Bertz CT molecular complexity index is 350. The van der Waals surface area contributed by atoms with Gasteiger partial charge < -0.3 is 5.32 Å². The van der Waals surface area contributed by atoms with E-state index < -0.39 is 0 Å². The Morgan fingerprint density at radius 3 is 2.57 bits per heavy atom. The molecule has 0 aliphatic rings. The number of nitrogens with one attached hydrogen (secondary N) is 1. The quantitative estimate of drug-likeness (QED) is 0.882. The number of amides is 1. The number of carbonyl (C=O) groups excluding carboxylic acids is 1. The summed E-state index contributed by atoms with van der Waals surface area (Å²) in [6.07, 6.45) is 0. The van der Waals surface area contributed by atoms with Gasteiger partial charge in [-0.2, -0.15) is 0 Å². The van der Waals surface area contributed by atoms with E-state index in [0.29, 0.717) is 0 Å². The SMILES string of the molecule is CC(C)C(=O)Nc1cc(Br)ccc1Br. The Morgan fingerprint density at radius 2 is 2.00 bits per heavy atom. The first-order chi connectivity index (χ1) is 6.50. The second-order valence-corrected chi connectivity index (χ2v) is 5.04. The van der Waals surface area contributed by atoms with E-state index in [0.717, 1.165) is 14.6 Å². The third kappa shape index (κ3) is 3.10. The first-order valence-electron chi connectivity index (χ1n) is 4.26. The number of rotatable bonds is 2. The summed E-state index contributed by atoms with van der Waals surface area (Å²) in [5.74, 6) is 0.00433. The van der Waals surface area contributed by atoms with Crippen LogP contribution in [0.1, 0.15) is 13.8 Å². The lowest BCUT2D eigenvalue weighted by Gasteiger charge is -2.09. The lowest BCUT2D eigenvalue weighted by atomic mass is 10.2. The molecule has 1 aromatic rings. The molecule has 0 fully saturated rings. The summed E-state index contributed by atoms with van der Waals surface area (Å²) in [7, 11) is 0. The van der Waals surface area contributed by atoms with Gasteiger partial charge in [0.15, 0.2) is 0 Å². The molecular formula is C10H11Br2NO. The van der Waals surface area contributed by atoms with Gasteiger partial charge in [-0.15, -0.1) is 0 Å². The molecule has 0 atom stereocenters. The highest BCUT2D eigenvalue weighted by atomic mass is 79.9. The minimum absolute atomic E-state index is 0.0131. The van der Waals surface area contributed by atoms with Gasteiger partial charge in [0.2, 0.25) is 5.91 Å². The first-order valence-corrected chi connectivity index (χ1v) is 5.85. The van der Waals surface area contributed by atoms with Gasteiger partial charge in [0.25, 0.3) is 0 Å². The number of halogens is 2. The molecule has 1 amide bonds. The van der Waals surface area contributed by atoms with E-state index >= 15 is 0 Å². The molecule has 0 aliphatic heterocycles. The molecule has 4 heteroatoms. The van der Waals surface area contributed by atoms with Crippen LogP contribution in [0, 0.1) is 5.92 Å². The number of carbonyl (C=O) groups is 1. The van der Waals surface area contributed by atoms with Gasteiger partial charge in [-0.25, -0.2) is 0 Å². The van der Waals surface area contributed by atoms with E-state index in [1.54, 1.807) is 0 Å². The topological polar surface area (TPSA) is 29.1 Å². The second-order valence-electron chi connectivity index (χ2n) is 3.27. The van der Waals surface area contributed by atoms with Crippen molar-refractivity contribution in [1.29, 1.82) is 0 Å². The van der Waals surface area contributed by atoms with Crippen molar-refractivity contribution in [2.24, 2.45) is 5.92 Å². The summed E-state index contributed by atoms with van der Waals surface area (Å²) < 4.78 is 1.83. The monoisotopic (exact) mass is 319 g/mol. The normalized spacial score (nSPS) is 10.4. The Hall–Kier alpha value is -0.350. The van der Waals surface area contributed by atoms with Crippen molar-refractivity contribution >= 4 is 43.5 Å². The smallest absolute Gasteiger partial charge is 0.226 e. The van der Waals surface area contributed by atoms with Crippen molar-refractivity contribution < 1.29 is 4.79 Å². The third-order valence-corrected chi connectivity index (χ3v) is 2.90. The van der Waals surface area contributed by atoms with E-state index in [9.17, 15) is 4.79 Å². The van der Waals surface area contributed by atoms with Crippen LogP contribution in [0.25, 0.3) is 0 Å². The summed E-state index contributed by atoms with van der Waals surface area (Å²) >= 11 is 6.72. The second kappa shape index (κ2) is 4.94. The molecule has 1 rings (SSSR count). The predicted octanol–water partition coefficient (Wildman–Crippen LogP) is 3.81. The van der Waals surface area contributed by atoms with Crippen LogP contribution in [0.5, 0.6) is 0 Å². The van der Waals surface area contributed by atoms with Crippen molar-refractivity contribution in [2.45, 2.75) is 13.8 Å². The van der Waals surface area contributed by atoms with Gasteiger partial charge in [-0.05, 0) is 34.1 Å². The molecule has 0 heterocycles. The molecular weight excluding hydrogens is 310 g/mol. The number of anilines is 1. The van der Waals surface area contributed by atoms with Gasteiger partial charge in [-0.3, -0.25) is 4.79 Å². The fourth-order valence-corrected chi connectivity index (χ4v) is 1.58. The van der Waals surface area contributed by atoms with Crippen LogP contribution in [0.4, 0.5) is 5.69 Å². The fraction of sp³-hybridized carbons (Fsp3) is 0.300. The summed E-state index contributed by atoms with van der Waals surface area (Å²) in [4.78, 5) is 11.4. The Balaban J connectivity index is 2.86. The van der Waals surface area contributed by atoms with Gasteiger partial charge >= 0.3 is 0 Å². The molecule has 2 nitrogen and oxygen atoms in total. The van der Waals surface area contributed by atoms with E-state index in [1.165, 1.54) is 0 Å². The van der Waals surface area contributed by atoms with Gasteiger partial charge in [0.05, 0.1) is 5.69 Å². The number of hydrogen-bond acceptors (Lipinski definition) is 1. The van der Waals surface area contributed by atoms with Crippen LogP contribution < -0.4 is 5.32 Å². The van der Waals surface area contributed by atoms with E-state index in [4.69, 9.17) is 0 Å². The summed E-state index contributed by atoms with van der Waals surface area (Å²) in [6.45, 7) is 3.72. The van der Waals surface area contributed by atoms with E-state index in [1.807, 2.05) is 32.0 Å². The van der Waals surface area contributed by atoms with Crippen LogP contribution in [0.15, 0.2) is 27.1 Å². The lowest BCUT2D eigenvalue weighted by molar-refractivity contribution is -0.118. The van der Waals surface area contributed by atoms with Gasteiger partial charge in [-0.1, -0.05) is 29.8 Å². The fourth-order valence-electron chi connectivity index (χ4n) is 0.870. The minimum Gasteiger partial charge on any atom is -0.325 e. The maximum absolute atomic E-state index is 11.4. The van der Waals surface area contributed by atoms with Crippen molar-refractivity contribution in [1.82, 2.24) is 0 Å². The summed E-state index contributed by atoms with van der Waals surface area (Å²) in [5, 5.41) is 2.83. The third-order valence-electron chi connectivity index (χ3n) is 1.71. The molecule has 0 spiro atoms. The number of benzene rings is 1. The molecule has 0 saturated heterocycles. The standard InChI is InChI=1S/C10H11Br2NO/c1-6(2)10(14)13-9-5-7(11)3-4-8(9)12/h3-6H,1-2H3,(H,13,14). The molecule has 0 aromatic heterocycles. The molecule has 76 valence electrons. The highest BCUT2D eigenvalue weighted by Crippen LogP contribution is 2.26. The van der Waals surface area contributed by atoms with E-state index in [2.05, 4.69) is 37.2 Å². The molecule has 0 radical (unpaired) electrons. The van der Waals surface area contributed by atoms with Crippen LogP contribution >= 0.6 is 31.9 Å². The Kier molecular flexibility index (Phi) is 4.13. The summed E-state index contributed by atoms with van der Waals surface area (Å²) in [5.41, 5.74) is 0.790. The van der Waals surface area contributed by atoms with Crippen LogP contribution in [0.3, 0.4) is 0 Å². The molecule has 0 unspecified atom stereocenters. The zero-order chi connectivity index (χ0) is 10.7. The molecule has 0 aliphatic carbocycles. The van der Waals surface area contributed by atoms with Crippen molar-refractivity contribution in [3.05, 3.63) is 27.1 Å². The molecule has 1 aromatic carbocycles. The van der Waals surface area contributed by atoms with Crippen LogP contribution in [-0.4, -0.2) is 5.91 Å². The van der Waals surface area contributed by atoms with Crippen molar-refractivity contribution in [3.63, 3.8) is 0 Å². The molecule has 14 heavy (non-hydrogen) atoms. The van der Waals surface area contributed by atoms with Crippen LogP contribution in [-0.2, 0) is 4.79 Å². The average Bonchev–Trinajstić information content (AvgIpc) is 2.11. The minimum atomic E-state index is -0.0131. The molecule has 1 N–H and O–H groups in total. The van der Waals surface area contributed by atoms with Crippen molar-refractivity contribution in [2.75, 3.05) is 5.32 Å². The average molecular weight is 321 g/mol. The highest BCUT2D eigenvalue weighted by Gasteiger charge is 2.09. The first kappa shape index (κ1) is 11.7. The largest absolute Gasteiger partial charge is 0.325 e. The lowest BCUT2D eigenvalue weighted by Crippen LogP contribution is -2.17. The molecule has 0 saturated carbocycles. The zero-order valence-corrected chi connectivity index (χ0v) is 11.1. The van der Waals surface area contributed by atoms with Gasteiger partial charge in [0.1, 0.15) is 0 Å². The van der Waals surface area contributed by atoms with Gasteiger partial charge in [0, 0.05) is 14.9 Å². The van der Waals surface area contributed by atoms with Crippen molar-refractivity contribution in [3.8, 4) is 0 Å². The summed E-state index contributed by atoms with van der Waals surface area (Å²) in [6, 6.07) is 5.67. The molecule has 0 bridgehead atoms. The highest BCUT2D eigenvalue weighted by molar-refractivity contribution is 9.11. The van der Waals surface area contributed by atoms with E-state index in [-0.39, 0.29) is 11.8 Å².